The molecule has 2 atom stereocenters. The molecule has 9 nitrogen and oxygen atoms in total. The molecule has 3 aromatic carbocycles. The van der Waals surface area contributed by atoms with Crippen LogP contribution in [0.25, 0.3) is 21.9 Å². The van der Waals surface area contributed by atoms with Crippen LogP contribution in [0.15, 0.2) is 65.1 Å². The molecule has 10 heteroatoms. The van der Waals surface area contributed by atoms with E-state index in [2.05, 4.69) is 29.5 Å². The Morgan fingerprint density at radius 1 is 0.923 bits per heavy atom. The summed E-state index contributed by atoms with van der Waals surface area (Å²) in [5.41, 5.74) is 6.07. The van der Waals surface area contributed by atoms with Crippen LogP contribution in [-0.2, 0) is 4.79 Å². The van der Waals surface area contributed by atoms with Crippen molar-refractivity contribution in [3.05, 3.63) is 83.2 Å². The highest BCUT2D eigenvalue weighted by molar-refractivity contribution is 6.19. The average Bonchev–Trinajstić information content (AvgIpc) is 3.94. The molecule has 272 valence electrons. The van der Waals surface area contributed by atoms with Crippen LogP contribution in [0.4, 0.5) is 17.1 Å². The quantitative estimate of drug-likeness (QED) is 0.0429. The van der Waals surface area contributed by atoms with E-state index in [0.29, 0.717) is 41.6 Å². The molecule has 0 saturated heterocycles. The molecule has 2 aliphatic heterocycles. The molecule has 52 heavy (non-hydrogen) atoms. The zero-order valence-corrected chi connectivity index (χ0v) is 30.7. The molecule has 7 rings (SSSR count). The smallest absolute Gasteiger partial charge is 0.311 e. The van der Waals surface area contributed by atoms with E-state index in [1.54, 1.807) is 23.1 Å². The molecule has 0 bridgehead atoms. The van der Waals surface area contributed by atoms with Crippen LogP contribution in [-0.4, -0.2) is 41.7 Å². The number of halogens is 1. The van der Waals surface area contributed by atoms with Gasteiger partial charge in [0.05, 0.1) is 11.4 Å². The van der Waals surface area contributed by atoms with Gasteiger partial charge in [0.1, 0.15) is 11.3 Å². The molecular formula is C42H47ClN4O5. The van der Waals surface area contributed by atoms with Crippen LogP contribution in [0.5, 0.6) is 5.75 Å². The molecular weight excluding hydrogens is 676 g/mol. The van der Waals surface area contributed by atoms with Gasteiger partial charge in [-0.1, -0.05) is 83.4 Å². The second-order valence-electron chi connectivity index (χ2n) is 14.3. The summed E-state index contributed by atoms with van der Waals surface area (Å²) in [6.45, 7) is 5.51. The first-order valence-electron chi connectivity index (χ1n) is 18.8. The molecule has 3 N–H and O–H groups in total. The van der Waals surface area contributed by atoms with Gasteiger partial charge < -0.3 is 29.7 Å². The lowest BCUT2D eigenvalue weighted by Gasteiger charge is -2.20. The van der Waals surface area contributed by atoms with Crippen molar-refractivity contribution in [2.24, 2.45) is 0 Å². The van der Waals surface area contributed by atoms with Crippen molar-refractivity contribution in [3.63, 3.8) is 0 Å². The van der Waals surface area contributed by atoms with Crippen LogP contribution < -0.4 is 20.3 Å². The first-order valence-corrected chi connectivity index (χ1v) is 19.3. The Kier molecular flexibility index (Phi) is 10.9. The van der Waals surface area contributed by atoms with E-state index in [1.807, 2.05) is 42.5 Å². The number of benzene rings is 3. The predicted molar refractivity (Wildman–Crippen MR) is 208 cm³/mol. The Bertz CT molecular complexity index is 2070. The summed E-state index contributed by atoms with van der Waals surface area (Å²) in [6, 6.07) is 18.3. The number of aromatic nitrogens is 1. The number of hydrogen-bond acceptors (Lipinski definition) is 6. The molecule has 1 unspecified atom stereocenters. The summed E-state index contributed by atoms with van der Waals surface area (Å²) in [7, 11) is 0. The van der Waals surface area contributed by atoms with Crippen LogP contribution in [0.2, 0.25) is 0 Å². The lowest BCUT2D eigenvalue weighted by Crippen LogP contribution is -2.30. The SMILES string of the molecule is CCCCCCCCCCCC(=O)Oc1cc2c(c3c1NC[C@H]3C)C(CCl)CN2C(=O)c1cc2cc(NC(=O)c3cc4ccccc4o3)ccc2[nH]1. The number of para-hydroxylation sites is 1. The molecule has 0 spiro atoms. The zero-order valence-electron chi connectivity index (χ0n) is 30.0. The van der Waals surface area contributed by atoms with Crippen molar-refractivity contribution in [2.45, 2.75) is 89.9 Å². The minimum Gasteiger partial charge on any atom is -0.451 e. The molecule has 0 aliphatic carbocycles. The number of aromatic amines is 1. The number of hydrogen-bond donors (Lipinski definition) is 3. The maximum atomic E-state index is 14.2. The van der Waals surface area contributed by atoms with Gasteiger partial charge in [-0.3, -0.25) is 14.4 Å². The average molecular weight is 723 g/mol. The van der Waals surface area contributed by atoms with Crippen LogP contribution >= 0.6 is 11.6 Å². The molecule has 0 saturated carbocycles. The number of alkyl halides is 1. The Balaban J connectivity index is 1.06. The number of carbonyl (C=O) groups is 3. The normalized spacial score (nSPS) is 16.2. The van der Waals surface area contributed by atoms with Gasteiger partial charge in [-0.15, -0.1) is 11.6 Å². The van der Waals surface area contributed by atoms with Gasteiger partial charge in [0.25, 0.3) is 11.8 Å². The summed E-state index contributed by atoms with van der Waals surface area (Å²) in [6.07, 6.45) is 10.9. The van der Waals surface area contributed by atoms with E-state index in [-0.39, 0.29) is 35.4 Å². The molecule has 2 aliphatic rings. The Labute approximate surface area is 309 Å². The fourth-order valence-corrected chi connectivity index (χ4v) is 7.96. The summed E-state index contributed by atoms with van der Waals surface area (Å²) >= 11 is 6.55. The minimum absolute atomic E-state index is 0.0621. The Hall–Kier alpha value is -4.76. The minimum atomic E-state index is -0.357. The fourth-order valence-electron chi connectivity index (χ4n) is 7.70. The van der Waals surface area contributed by atoms with E-state index in [9.17, 15) is 14.4 Å². The lowest BCUT2D eigenvalue weighted by atomic mass is 9.90. The fraction of sp³-hybridized carbons (Fsp3) is 0.405. The summed E-state index contributed by atoms with van der Waals surface area (Å²) < 4.78 is 11.8. The summed E-state index contributed by atoms with van der Waals surface area (Å²) in [4.78, 5) is 45.3. The number of anilines is 3. The third-order valence-electron chi connectivity index (χ3n) is 10.4. The largest absolute Gasteiger partial charge is 0.451 e. The van der Waals surface area contributed by atoms with Crippen molar-refractivity contribution in [1.29, 1.82) is 0 Å². The summed E-state index contributed by atoms with van der Waals surface area (Å²) in [5, 5.41) is 8.00. The van der Waals surface area contributed by atoms with Gasteiger partial charge in [-0.05, 0) is 53.9 Å². The number of amides is 2. The highest BCUT2D eigenvalue weighted by Crippen LogP contribution is 2.51. The topological polar surface area (TPSA) is 117 Å². The lowest BCUT2D eigenvalue weighted by molar-refractivity contribution is -0.134. The molecule has 5 aromatic rings. The van der Waals surface area contributed by atoms with E-state index < -0.39 is 0 Å². The maximum Gasteiger partial charge on any atom is 0.311 e. The number of H-pyrrole nitrogens is 1. The molecule has 4 heterocycles. The van der Waals surface area contributed by atoms with Crippen LogP contribution in [0.1, 0.15) is 122 Å². The van der Waals surface area contributed by atoms with Gasteiger partial charge >= 0.3 is 5.97 Å². The number of carbonyl (C=O) groups excluding carboxylic acids is 3. The number of nitrogens with one attached hydrogen (secondary N) is 3. The molecule has 0 fully saturated rings. The zero-order chi connectivity index (χ0) is 36.2. The van der Waals surface area contributed by atoms with Crippen LogP contribution in [0.3, 0.4) is 0 Å². The first-order chi connectivity index (χ1) is 25.3. The number of unbranched alkanes of at least 4 members (excludes halogenated alkanes) is 8. The van der Waals surface area contributed by atoms with Gasteiger partial charge in [0.2, 0.25) is 0 Å². The van der Waals surface area contributed by atoms with Gasteiger partial charge in [-0.2, -0.15) is 0 Å². The van der Waals surface area contributed by atoms with Crippen molar-refractivity contribution in [1.82, 2.24) is 4.98 Å². The third-order valence-corrected chi connectivity index (χ3v) is 10.8. The number of ether oxygens (including phenoxy) is 1. The van der Waals surface area contributed by atoms with E-state index in [1.165, 1.54) is 38.5 Å². The molecule has 2 amide bonds. The van der Waals surface area contributed by atoms with Crippen molar-refractivity contribution in [2.75, 3.05) is 34.5 Å². The number of fused-ring (bicyclic) bond motifs is 5. The second-order valence-corrected chi connectivity index (χ2v) is 14.6. The van der Waals surface area contributed by atoms with Crippen LogP contribution in [0, 0.1) is 0 Å². The molecule has 0 radical (unpaired) electrons. The number of furan rings is 1. The summed E-state index contributed by atoms with van der Waals surface area (Å²) in [5.74, 6) is 0.331. The van der Waals surface area contributed by atoms with Crippen molar-refractivity contribution in [3.8, 4) is 5.75 Å². The van der Waals surface area contributed by atoms with E-state index in [0.717, 1.165) is 64.6 Å². The Morgan fingerprint density at radius 2 is 1.69 bits per heavy atom. The van der Waals surface area contributed by atoms with Gasteiger partial charge in [-0.25, -0.2) is 0 Å². The number of rotatable bonds is 15. The highest BCUT2D eigenvalue weighted by Gasteiger charge is 2.40. The second kappa shape index (κ2) is 15.9. The Morgan fingerprint density at radius 3 is 2.46 bits per heavy atom. The van der Waals surface area contributed by atoms with Crippen molar-refractivity contribution >= 4 is 68.3 Å². The third kappa shape index (κ3) is 7.42. The van der Waals surface area contributed by atoms with Gasteiger partial charge in [0, 0.05) is 65.3 Å². The number of nitrogens with zero attached hydrogens (tertiary/aromatic N) is 1. The number of esters is 1. The molecule has 2 aromatic heterocycles. The van der Waals surface area contributed by atoms with Gasteiger partial charge in [0.15, 0.2) is 11.5 Å². The van der Waals surface area contributed by atoms with Crippen molar-refractivity contribution < 1.29 is 23.5 Å². The highest BCUT2D eigenvalue weighted by atomic mass is 35.5. The predicted octanol–water partition coefficient (Wildman–Crippen LogP) is 10.5. The van der Waals surface area contributed by atoms with E-state index in [4.69, 9.17) is 20.8 Å². The monoisotopic (exact) mass is 722 g/mol. The van der Waals surface area contributed by atoms with E-state index >= 15 is 0 Å². The standard InChI is InChI=1S/C42H47ClN4O5/c1-3-4-5-6-7-8-9-10-11-16-37(48)52-35-22-33-39(38-26(2)24-44-40(35)38)29(23-43)25-47(33)42(50)32-20-28-19-30(17-18-31(28)46-32)45-41(49)36-21-27-14-12-13-15-34(27)51-36/h12-15,17-22,26,29,44,46H,3-11,16,23-25H2,1-2H3,(H,45,49)/t26-,29?/m1/s1. The first kappa shape index (κ1) is 35.6. The maximum absolute atomic E-state index is 14.2.